The smallest absolute Gasteiger partial charge is 0.407 e. The summed E-state index contributed by atoms with van der Waals surface area (Å²) in [4.78, 5) is 22.9. The second kappa shape index (κ2) is 10.7. The fourth-order valence-corrected chi connectivity index (χ4v) is 1.79. The highest BCUT2D eigenvalue weighted by Crippen LogP contribution is 2.03. The third-order valence-electron chi connectivity index (χ3n) is 3.00. The van der Waals surface area contributed by atoms with E-state index in [0.717, 1.165) is 18.4 Å². The molecule has 22 heavy (non-hydrogen) atoms. The van der Waals surface area contributed by atoms with Gasteiger partial charge in [0.25, 0.3) is 0 Å². The molecule has 1 N–H and O–H groups in total. The summed E-state index contributed by atoms with van der Waals surface area (Å²) in [6, 6.07) is 9.41. The Labute approximate surface area is 132 Å². The van der Waals surface area contributed by atoms with Crippen molar-refractivity contribution in [2.24, 2.45) is 5.92 Å². The third kappa shape index (κ3) is 9.00. The van der Waals surface area contributed by atoms with Gasteiger partial charge in [0, 0.05) is 6.54 Å². The van der Waals surface area contributed by atoms with Crippen LogP contribution in [0.5, 0.6) is 0 Å². The number of benzene rings is 1. The summed E-state index contributed by atoms with van der Waals surface area (Å²) in [5.41, 5.74) is 0.919. The van der Waals surface area contributed by atoms with Crippen molar-refractivity contribution in [2.45, 2.75) is 39.7 Å². The third-order valence-corrected chi connectivity index (χ3v) is 3.00. The zero-order valence-electron chi connectivity index (χ0n) is 13.3. The lowest BCUT2D eigenvalue weighted by molar-refractivity contribution is -0.143. The first kappa shape index (κ1) is 18.0. The number of amides is 1. The van der Waals surface area contributed by atoms with Gasteiger partial charge < -0.3 is 14.8 Å². The Hall–Kier alpha value is -2.04. The van der Waals surface area contributed by atoms with Gasteiger partial charge in [-0.05, 0) is 24.3 Å². The van der Waals surface area contributed by atoms with Gasteiger partial charge in [-0.2, -0.15) is 0 Å². The number of rotatable bonds is 9. The first-order valence-electron chi connectivity index (χ1n) is 7.68. The number of esters is 1. The van der Waals surface area contributed by atoms with Crippen LogP contribution in [0.2, 0.25) is 0 Å². The van der Waals surface area contributed by atoms with Crippen LogP contribution in [0.25, 0.3) is 0 Å². The molecule has 122 valence electrons. The summed E-state index contributed by atoms with van der Waals surface area (Å²) in [6.45, 7) is 5.14. The van der Waals surface area contributed by atoms with Crippen LogP contribution in [0, 0.1) is 5.92 Å². The molecule has 1 amide bonds. The van der Waals surface area contributed by atoms with Gasteiger partial charge in [0.1, 0.15) is 6.61 Å². The monoisotopic (exact) mass is 307 g/mol. The van der Waals surface area contributed by atoms with Crippen molar-refractivity contribution >= 4 is 12.1 Å². The van der Waals surface area contributed by atoms with Crippen LogP contribution >= 0.6 is 0 Å². The molecule has 1 aromatic carbocycles. The fraction of sp³-hybridized carbons (Fsp3) is 0.529. The van der Waals surface area contributed by atoms with E-state index in [9.17, 15) is 9.59 Å². The molecule has 0 bridgehead atoms. The Morgan fingerprint density at radius 3 is 2.55 bits per heavy atom. The van der Waals surface area contributed by atoms with Gasteiger partial charge in [-0.3, -0.25) is 4.79 Å². The van der Waals surface area contributed by atoms with Gasteiger partial charge >= 0.3 is 12.1 Å². The molecule has 0 aliphatic carbocycles. The quantitative estimate of drug-likeness (QED) is 0.561. The molecule has 1 aromatic rings. The lowest BCUT2D eigenvalue weighted by Gasteiger charge is -2.08. The first-order chi connectivity index (χ1) is 10.6. The van der Waals surface area contributed by atoms with E-state index >= 15 is 0 Å². The predicted octanol–water partition coefficient (Wildman–Crippen LogP) is 3.28. The molecule has 0 saturated heterocycles. The Morgan fingerprint density at radius 2 is 1.86 bits per heavy atom. The van der Waals surface area contributed by atoms with E-state index in [1.54, 1.807) is 0 Å². The fourth-order valence-electron chi connectivity index (χ4n) is 1.79. The van der Waals surface area contributed by atoms with E-state index in [1.165, 1.54) is 0 Å². The molecule has 1 rings (SSSR count). The molecule has 0 aliphatic heterocycles. The highest BCUT2D eigenvalue weighted by Gasteiger charge is 2.06. The van der Waals surface area contributed by atoms with Crippen LogP contribution < -0.4 is 5.32 Å². The molecule has 0 heterocycles. The predicted molar refractivity (Wildman–Crippen MR) is 84.3 cm³/mol. The summed E-state index contributed by atoms with van der Waals surface area (Å²) in [5.74, 6) is 0.312. The molecule has 0 saturated carbocycles. The molecule has 0 atom stereocenters. The maximum atomic E-state index is 11.4. The van der Waals surface area contributed by atoms with Crippen molar-refractivity contribution in [3.05, 3.63) is 35.9 Å². The standard InChI is InChI=1S/C17H25NO4/c1-14(2)7-6-12-21-16(19)10-11-18-17(20)22-13-15-8-4-3-5-9-15/h3-5,8-9,14H,6-7,10-13H2,1-2H3,(H,18,20). The molecular formula is C17H25NO4. The number of carbonyl (C=O) groups excluding carboxylic acids is 2. The topological polar surface area (TPSA) is 64.6 Å². The number of alkyl carbamates (subject to hydrolysis) is 1. The number of carbonyl (C=O) groups is 2. The molecule has 5 heteroatoms. The molecule has 0 fully saturated rings. The van der Waals surface area contributed by atoms with Crippen molar-refractivity contribution in [1.82, 2.24) is 5.32 Å². The highest BCUT2D eigenvalue weighted by atomic mass is 16.5. The van der Waals surface area contributed by atoms with Crippen LogP contribution in [0.4, 0.5) is 4.79 Å². The summed E-state index contributed by atoms with van der Waals surface area (Å²) in [5, 5.41) is 2.53. The van der Waals surface area contributed by atoms with E-state index in [-0.39, 0.29) is 25.5 Å². The van der Waals surface area contributed by atoms with Crippen LogP contribution in [-0.2, 0) is 20.9 Å². The minimum atomic E-state index is -0.531. The minimum absolute atomic E-state index is 0.155. The summed E-state index contributed by atoms with van der Waals surface area (Å²) >= 11 is 0. The van der Waals surface area contributed by atoms with Crippen LogP contribution in [-0.4, -0.2) is 25.2 Å². The van der Waals surface area contributed by atoms with Gasteiger partial charge in [0.05, 0.1) is 13.0 Å². The molecular weight excluding hydrogens is 282 g/mol. The van der Waals surface area contributed by atoms with Crippen molar-refractivity contribution in [2.75, 3.05) is 13.2 Å². The summed E-state index contributed by atoms with van der Waals surface area (Å²) in [7, 11) is 0. The lowest BCUT2D eigenvalue weighted by Crippen LogP contribution is -2.27. The SMILES string of the molecule is CC(C)CCCOC(=O)CCNC(=O)OCc1ccccc1. The Balaban J connectivity index is 2.03. The average molecular weight is 307 g/mol. The van der Waals surface area contributed by atoms with E-state index in [1.807, 2.05) is 30.3 Å². The normalized spacial score (nSPS) is 10.3. The Kier molecular flexibility index (Phi) is 8.72. The van der Waals surface area contributed by atoms with Crippen molar-refractivity contribution in [3.63, 3.8) is 0 Å². The van der Waals surface area contributed by atoms with E-state index in [4.69, 9.17) is 9.47 Å². The first-order valence-corrected chi connectivity index (χ1v) is 7.68. The maximum absolute atomic E-state index is 11.4. The molecule has 5 nitrogen and oxygen atoms in total. The zero-order valence-corrected chi connectivity index (χ0v) is 13.3. The number of hydrogen-bond donors (Lipinski definition) is 1. The summed E-state index contributed by atoms with van der Waals surface area (Å²) < 4.78 is 10.1. The van der Waals surface area contributed by atoms with Gasteiger partial charge in [0.2, 0.25) is 0 Å². The molecule has 0 spiro atoms. The van der Waals surface area contributed by atoms with Crippen molar-refractivity contribution < 1.29 is 19.1 Å². The number of hydrogen-bond acceptors (Lipinski definition) is 4. The summed E-state index contributed by atoms with van der Waals surface area (Å²) in [6.07, 6.45) is 1.53. The average Bonchev–Trinajstić information content (AvgIpc) is 2.50. The maximum Gasteiger partial charge on any atom is 0.407 e. The second-order valence-electron chi connectivity index (χ2n) is 5.50. The molecule has 0 radical (unpaired) electrons. The van der Waals surface area contributed by atoms with Gasteiger partial charge in [0.15, 0.2) is 0 Å². The second-order valence-corrected chi connectivity index (χ2v) is 5.50. The number of nitrogens with one attached hydrogen (secondary N) is 1. The van der Waals surface area contributed by atoms with Crippen molar-refractivity contribution in [1.29, 1.82) is 0 Å². The molecule has 0 unspecified atom stereocenters. The van der Waals surface area contributed by atoms with E-state index in [0.29, 0.717) is 12.5 Å². The zero-order chi connectivity index (χ0) is 16.2. The van der Waals surface area contributed by atoms with E-state index in [2.05, 4.69) is 19.2 Å². The van der Waals surface area contributed by atoms with Gasteiger partial charge in [-0.15, -0.1) is 0 Å². The molecule has 0 aliphatic rings. The Morgan fingerprint density at radius 1 is 1.14 bits per heavy atom. The minimum Gasteiger partial charge on any atom is -0.466 e. The largest absolute Gasteiger partial charge is 0.466 e. The number of ether oxygens (including phenoxy) is 2. The van der Waals surface area contributed by atoms with Gasteiger partial charge in [-0.25, -0.2) is 4.79 Å². The lowest BCUT2D eigenvalue weighted by atomic mass is 10.1. The van der Waals surface area contributed by atoms with Gasteiger partial charge in [-0.1, -0.05) is 44.2 Å². The highest BCUT2D eigenvalue weighted by molar-refractivity contribution is 5.71. The van der Waals surface area contributed by atoms with Crippen LogP contribution in [0.1, 0.15) is 38.7 Å². The van der Waals surface area contributed by atoms with Crippen molar-refractivity contribution in [3.8, 4) is 0 Å². The van der Waals surface area contributed by atoms with Crippen LogP contribution in [0.15, 0.2) is 30.3 Å². The van der Waals surface area contributed by atoms with E-state index < -0.39 is 6.09 Å². The van der Waals surface area contributed by atoms with Crippen LogP contribution in [0.3, 0.4) is 0 Å². The Bertz CT molecular complexity index is 445. The molecule has 0 aromatic heterocycles.